The van der Waals surface area contributed by atoms with Crippen LogP contribution in [0.25, 0.3) is 0 Å². The third-order valence-corrected chi connectivity index (χ3v) is 2.00. The first-order valence-electron chi connectivity index (χ1n) is 3.15. The van der Waals surface area contributed by atoms with Crippen LogP contribution < -0.4 is 0 Å². The molecule has 0 N–H and O–H groups in total. The van der Waals surface area contributed by atoms with E-state index in [4.69, 9.17) is 0 Å². The lowest BCUT2D eigenvalue weighted by Crippen LogP contribution is -2.17. The maximum absolute atomic E-state index is 11.9. The highest BCUT2D eigenvalue weighted by Crippen LogP contribution is 2.17. The van der Waals surface area contributed by atoms with E-state index in [9.17, 15) is 17.1 Å². The van der Waals surface area contributed by atoms with Gasteiger partial charge in [-0.25, -0.2) is 0 Å². The number of rotatable bonds is 4. The SMILES string of the molecule is CC(C)(C=O)CCS(=O)(=O)F. The van der Waals surface area contributed by atoms with Gasteiger partial charge < -0.3 is 4.79 Å². The topological polar surface area (TPSA) is 51.2 Å². The number of aldehydes is 1. The first-order valence-corrected chi connectivity index (χ1v) is 4.71. The zero-order valence-corrected chi connectivity index (χ0v) is 7.32. The Morgan fingerprint density at radius 1 is 1.45 bits per heavy atom. The van der Waals surface area contributed by atoms with Crippen molar-refractivity contribution in [2.24, 2.45) is 5.41 Å². The van der Waals surface area contributed by atoms with E-state index < -0.39 is 21.4 Å². The van der Waals surface area contributed by atoms with Crippen LogP contribution >= 0.6 is 0 Å². The molecular weight excluding hydrogens is 171 g/mol. The standard InChI is InChI=1S/C6H11FO3S/c1-6(2,5-8)3-4-11(7,9)10/h5H,3-4H2,1-2H3. The second kappa shape index (κ2) is 3.30. The van der Waals surface area contributed by atoms with Gasteiger partial charge in [0.25, 0.3) is 0 Å². The smallest absolute Gasteiger partial charge is 0.302 e. The van der Waals surface area contributed by atoms with Crippen LogP contribution in [0.5, 0.6) is 0 Å². The van der Waals surface area contributed by atoms with Crippen molar-refractivity contribution < 1.29 is 17.1 Å². The summed E-state index contributed by atoms with van der Waals surface area (Å²) in [7, 11) is -4.43. The van der Waals surface area contributed by atoms with Crippen LogP contribution in [0.3, 0.4) is 0 Å². The Labute approximate surface area is 65.8 Å². The lowest BCUT2D eigenvalue weighted by Gasteiger charge is -2.13. The fourth-order valence-corrected chi connectivity index (χ4v) is 1.21. The van der Waals surface area contributed by atoms with Crippen molar-refractivity contribution in [1.82, 2.24) is 0 Å². The summed E-state index contributed by atoms with van der Waals surface area (Å²) in [5.74, 6) is -0.585. The molecule has 0 heterocycles. The number of hydrogen-bond acceptors (Lipinski definition) is 3. The van der Waals surface area contributed by atoms with Gasteiger partial charge in [0.1, 0.15) is 6.29 Å². The van der Waals surface area contributed by atoms with Gasteiger partial charge in [0.15, 0.2) is 0 Å². The molecule has 66 valence electrons. The van der Waals surface area contributed by atoms with Gasteiger partial charge in [-0.2, -0.15) is 8.42 Å². The quantitative estimate of drug-likeness (QED) is 0.479. The van der Waals surface area contributed by atoms with Crippen LogP contribution in [-0.4, -0.2) is 20.5 Å². The van der Waals surface area contributed by atoms with Gasteiger partial charge in [0, 0.05) is 5.41 Å². The van der Waals surface area contributed by atoms with E-state index in [2.05, 4.69) is 0 Å². The Hall–Kier alpha value is -0.450. The molecule has 0 aromatic rings. The summed E-state index contributed by atoms with van der Waals surface area (Å²) >= 11 is 0. The van der Waals surface area contributed by atoms with Crippen molar-refractivity contribution in [2.45, 2.75) is 20.3 Å². The summed E-state index contributed by atoms with van der Waals surface area (Å²) in [4.78, 5) is 10.2. The van der Waals surface area contributed by atoms with E-state index in [1.807, 2.05) is 0 Å². The Morgan fingerprint density at radius 3 is 2.18 bits per heavy atom. The average molecular weight is 182 g/mol. The summed E-state index contributed by atoms with van der Waals surface area (Å²) in [6.07, 6.45) is 0.646. The molecule has 0 bridgehead atoms. The van der Waals surface area contributed by atoms with E-state index in [1.165, 1.54) is 0 Å². The minimum Gasteiger partial charge on any atom is -0.303 e. The van der Waals surface area contributed by atoms with Crippen LogP contribution in [0.2, 0.25) is 0 Å². The molecular formula is C6H11FO3S. The normalized spacial score (nSPS) is 13.0. The lowest BCUT2D eigenvalue weighted by molar-refractivity contribution is -0.114. The summed E-state index contributed by atoms with van der Waals surface area (Å²) in [5.41, 5.74) is -0.751. The molecule has 0 fully saturated rings. The van der Waals surface area contributed by atoms with E-state index in [1.54, 1.807) is 13.8 Å². The molecule has 0 rings (SSSR count). The van der Waals surface area contributed by atoms with Crippen molar-refractivity contribution in [1.29, 1.82) is 0 Å². The minimum atomic E-state index is -4.43. The largest absolute Gasteiger partial charge is 0.303 e. The predicted octanol–water partition coefficient (Wildman–Crippen LogP) is 0.901. The number of hydrogen-bond donors (Lipinski definition) is 0. The monoisotopic (exact) mass is 182 g/mol. The summed E-state index contributed by atoms with van der Waals surface area (Å²) in [5, 5.41) is 0. The van der Waals surface area contributed by atoms with Gasteiger partial charge in [-0.05, 0) is 6.42 Å². The molecule has 0 saturated heterocycles. The van der Waals surface area contributed by atoms with Gasteiger partial charge in [-0.1, -0.05) is 13.8 Å². The second-order valence-corrected chi connectivity index (χ2v) is 4.59. The number of halogens is 1. The molecule has 0 radical (unpaired) electrons. The summed E-state index contributed by atoms with van der Waals surface area (Å²) in [6, 6.07) is 0. The Morgan fingerprint density at radius 2 is 1.91 bits per heavy atom. The summed E-state index contributed by atoms with van der Waals surface area (Å²) < 4.78 is 31.9. The van der Waals surface area contributed by atoms with Crippen molar-refractivity contribution >= 4 is 16.5 Å². The van der Waals surface area contributed by atoms with Crippen molar-refractivity contribution in [3.63, 3.8) is 0 Å². The molecule has 0 unspecified atom stereocenters. The maximum Gasteiger partial charge on any atom is 0.302 e. The molecule has 0 amide bonds. The van der Waals surface area contributed by atoms with Gasteiger partial charge in [0.2, 0.25) is 0 Å². The highest BCUT2D eigenvalue weighted by molar-refractivity contribution is 7.86. The fourth-order valence-electron chi connectivity index (χ4n) is 0.444. The third kappa shape index (κ3) is 5.97. The molecule has 0 aliphatic heterocycles. The molecule has 0 spiro atoms. The first kappa shape index (κ1) is 10.6. The van der Waals surface area contributed by atoms with Crippen molar-refractivity contribution in [2.75, 3.05) is 5.75 Å². The van der Waals surface area contributed by atoms with Crippen LogP contribution in [0.15, 0.2) is 0 Å². The molecule has 0 aliphatic carbocycles. The van der Waals surface area contributed by atoms with Gasteiger partial charge >= 0.3 is 10.2 Å². The molecule has 0 aromatic carbocycles. The summed E-state index contributed by atoms with van der Waals surface area (Å²) in [6.45, 7) is 3.12. The van der Waals surface area contributed by atoms with E-state index in [0.29, 0.717) is 6.29 Å². The number of carbonyl (C=O) groups excluding carboxylic acids is 1. The Balaban J connectivity index is 4.00. The lowest BCUT2D eigenvalue weighted by atomic mass is 9.93. The second-order valence-electron chi connectivity index (χ2n) is 3.10. The van der Waals surface area contributed by atoms with Crippen LogP contribution in [0, 0.1) is 5.41 Å². The third-order valence-electron chi connectivity index (χ3n) is 1.31. The van der Waals surface area contributed by atoms with Gasteiger partial charge in [-0.15, -0.1) is 3.89 Å². The molecule has 0 saturated carbocycles. The highest BCUT2D eigenvalue weighted by Gasteiger charge is 2.20. The average Bonchev–Trinajstić information content (AvgIpc) is 1.83. The van der Waals surface area contributed by atoms with Crippen molar-refractivity contribution in [3.8, 4) is 0 Å². The van der Waals surface area contributed by atoms with Crippen LogP contribution in [-0.2, 0) is 15.0 Å². The zero-order valence-electron chi connectivity index (χ0n) is 6.50. The van der Waals surface area contributed by atoms with E-state index >= 15 is 0 Å². The van der Waals surface area contributed by atoms with Crippen molar-refractivity contribution in [3.05, 3.63) is 0 Å². The maximum atomic E-state index is 11.9. The molecule has 0 aromatic heterocycles. The molecule has 0 atom stereocenters. The minimum absolute atomic E-state index is 0.0231. The Bertz CT molecular complexity index is 230. The van der Waals surface area contributed by atoms with Gasteiger partial charge in [-0.3, -0.25) is 0 Å². The molecule has 5 heteroatoms. The number of carbonyl (C=O) groups is 1. The fraction of sp³-hybridized carbons (Fsp3) is 0.833. The predicted molar refractivity (Wildman–Crippen MR) is 39.4 cm³/mol. The molecule has 3 nitrogen and oxygen atoms in total. The first-order chi connectivity index (χ1) is 4.77. The Kier molecular flexibility index (Phi) is 3.16. The van der Waals surface area contributed by atoms with Crippen LogP contribution in [0.1, 0.15) is 20.3 Å². The van der Waals surface area contributed by atoms with Gasteiger partial charge in [0.05, 0.1) is 5.75 Å². The molecule has 0 aliphatic rings. The van der Waals surface area contributed by atoms with Crippen LogP contribution in [0.4, 0.5) is 3.89 Å². The van der Waals surface area contributed by atoms with E-state index in [-0.39, 0.29) is 6.42 Å². The molecule has 11 heavy (non-hydrogen) atoms. The highest BCUT2D eigenvalue weighted by atomic mass is 32.3. The zero-order chi connectivity index (χ0) is 9.12. The van der Waals surface area contributed by atoms with E-state index in [0.717, 1.165) is 0 Å².